The minimum Gasteiger partial charge on any atom is -0.360 e. The Labute approximate surface area is 120 Å². The molecule has 2 aromatic rings. The van der Waals surface area contributed by atoms with Crippen molar-refractivity contribution in [1.82, 2.24) is 5.16 Å². The molecule has 0 unspecified atom stereocenters. The van der Waals surface area contributed by atoms with Crippen LogP contribution < -0.4 is 5.32 Å². The van der Waals surface area contributed by atoms with Crippen LogP contribution in [0.5, 0.6) is 0 Å². The molecule has 0 aliphatic carbocycles. The molecule has 2 rings (SSSR count). The zero-order chi connectivity index (χ0) is 14.9. The number of aromatic nitrogens is 1. The molecule has 0 fully saturated rings. The number of alkyl halides is 3. The molecular weight excluding hydrogens is 341 g/mol. The minimum absolute atomic E-state index is 0.0588. The third-order valence-corrected chi connectivity index (χ3v) is 2.89. The lowest BCUT2D eigenvalue weighted by Crippen LogP contribution is -2.18. The van der Waals surface area contributed by atoms with Crippen molar-refractivity contribution in [2.75, 3.05) is 5.32 Å². The van der Waals surface area contributed by atoms with Crippen LogP contribution in [-0.2, 0) is 6.18 Å². The van der Waals surface area contributed by atoms with Crippen LogP contribution in [0.3, 0.4) is 0 Å². The van der Waals surface area contributed by atoms with Crippen molar-refractivity contribution in [1.29, 1.82) is 0 Å². The number of hydrogen-bond acceptors (Lipinski definition) is 3. The van der Waals surface area contributed by atoms with Gasteiger partial charge in [0.1, 0.15) is 5.76 Å². The lowest BCUT2D eigenvalue weighted by atomic mass is 10.1. The first-order valence-electron chi connectivity index (χ1n) is 5.39. The predicted molar refractivity (Wildman–Crippen MR) is 68.3 cm³/mol. The number of nitrogens with one attached hydrogen (secondary N) is 1. The Hall–Kier alpha value is -1.83. The third-order valence-electron chi connectivity index (χ3n) is 2.40. The molecule has 4 nitrogen and oxygen atoms in total. The highest BCUT2D eigenvalue weighted by atomic mass is 79.9. The molecule has 0 bridgehead atoms. The second-order valence-electron chi connectivity index (χ2n) is 3.96. The molecule has 0 aliphatic heterocycles. The van der Waals surface area contributed by atoms with Crippen molar-refractivity contribution in [2.45, 2.75) is 13.1 Å². The van der Waals surface area contributed by atoms with Gasteiger partial charge in [-0.1, -0.05) is 21.1 Å². The van der Waals surface area contributed by atoms with Gasteiger partial charge in [0.25, 0.3) is 5.91 Å². The first-order valence-corrected chi connectivity index (χ1v) is 6.18. The second kappa shape index (κ2) is 5.28. The zero-order valence-corrected chi connectivity index (χ0v) is 11.7. The Morgan fingerprint density at radius 3 is 2.60 bits per heavy atom. The maximum Gasteiger partial charge on any atom is 0.417 e. The Balaban J connectivity index is 2.34. The van der Waals surface area contributed by atoms with Crippen LogP contribution in [0.25, 0.3) is 0 Å². The molecule has 0 saturated carbocycles. The van der Waals surface area contributed by atoms with Gasteiger partial charge in [-0.15, -0.1) is 0 Å². The molecule has 0 saturated heterocycles. The van der Waals surface area contributed by atoms with Crippen LogP contribution in [0.15, 0.2) is 33.3 Å². The highest BCUT2D eigenvalue weighted by Gasteiger charge is 2.35. The van der Waals surface area contributed by atoms with Gasteiger partial charge in [-0.2, -0.15) is 13.2 Å². The molecule has 1 N–H and O–H groups in total. The SMILES string of the molecule is Cc1cc(NC(=O)c2ccc(Br)cc2C(F)(F)F)no1. The van der Waals surface area contributed by atoms with Crippen LogP contribution in [0.1, 0.15) is 21.7 Å². The fourth-order valence-electron chi connectivity index (χ4n) is 1.56. The quantitative estimate of drug-likeness (QED) is 0.891. The number of aryl methyl sites for hydroxylation is 1. The third kappa shape index (κ3) is 3.19. The highest BCUT2D eigenvalue weighted by Crippen LogP contribution is 2.34. The molecule has 1 heterocycles. The van der Waals surface area contributed by atoms with E-state index in [4.69, 9.17) is 4.52 Å². The van der Waals surface area contributed by atoms with Gasteiger partial charge in [-0.25, -0.2) is 0 Å². The van der Waals surface area contributed by atoms with Crippen molar-refractivity contribution in [2.24, 2.45) is 0 Å². The van der Waals surface area contributed by atoms with Crippen molar-refractivity contribution in [3.63, 3.8) is 0 Å². The number of rotatable bonds is 2. The summed E-state index contributed by atoms with van der Waals surface area (Å²) in [6.45, 7) is 1.60. The van der Waals surface area contributed by atoms with Gasteiger partial charge in [-0.3, -0.25) is 4.79 Å². The van der Waals surface area contributed by atoms with Crippen LogP contribution in [0, 0.1) is 6.92 Å². The van der Waals surface area contributed by atoms with Crippen LogP contribution in [0.2, 0.25) is 0 Å². The molecule has 106 valence electrons. The molecule has 1 aromatic carbocycles. The van der Waals surface area contributed by atoms with E-state index in [1.807, 2.05) is 0 Å². The van der Waals surface area contributed by atoms with Crippen molar-refractivity contribution < 1.29 is 22.5 Å². The van der Waals surface area contributed by atoms with Gasteiger partial charge in [0, 0.05) is 10.5 Å². The average Bonchev–Trinajstić information content (AvgIpc) is 2.73. The van der Waals surface area contributed by atoms with Gasteiger partial charge in [-0.05, 0) is 25.1 Å². The fraction of sp³-hybridized carbons (Fsp3) is 0.167. The lowest BCUT2D eigenvalue weighted by Gasteiger charge is -2.12. The molecule has 8 heteroatoms. The molecule has 1 aromatic heterocycles. The summed E-state index contributed by atoms with van der Waals surface area (Å²) < 4.78 is 43.6. The molecule has 0 radical (unpaired) electrons. The minimum atomic E-state index is -4.63. The summed E-state index contributed by atoms with van der Waals surface area (Å²) in [7, 11) is 0. The number of hydrogen-bond donors (Lipinski definition) is 1. The Morgan fingerprint density at radius 1 is 1.35 bits per heavy atom. The summed E-state index contributed by atoms with van der Waals surface area (Å²) in [5, 5.41) is 5.75. The molecule has 0 spiro atoms. The number of nitrogens with zero attached hydrogens (tertiary/aromatic N) is 1. The topological polar surface area (TPSA) is 55.1 Å². The monoisotopic (exact) mass is 348 g/mol. The van der Waals surface area contributed by atoms with E-state index in [9.17, 15) is 18.0 Å². The summed E-state index contributed by atoms with van der Waals surface area (Å²) in [6, 6.07) is 4.71. The standard InChI is InChI=1S/C12H8BrF3N2O2/c1-6-4-10(18-20-6)17-11(19)8-3-2-7(13)5-9(8)12(14,15)16/h2-5H,1H3,(H,17,18,19). The van der Waals surface area contributed by atoms with Crippen molar-refractivity contribution in [3.05, 3.63) is 45.6 Å². The summed E-state index contributed by atoms with van der Waals surface area (Å²) in [6.07, 6.45) is -4.63. The van der Waals surface area contributed by atoms with Crippen LogP contribution >= 0.6 is 15.9 Å². The summed E-state index contributed by atoms with van der Waals surface area (Å²) in [4.78, 5) is 11.9. The lowest BCUT2D eigenvalue weighted by molar-refractivity contribution is -0.137. The normalized spacial score (nSPS) is 11.4. The Kier molecular flexibility index (Phi) is 3.85. The molecule has 0 aliphatic rings. The first-order chi connectivity index (χ1) is 9.27. The highest BCUT2D eigenvalue weighted by molar-refractivity contribution is 9.10. The van der Waals surface area contributed by atoms with E-state index in [0.29, 0.717) is 5.76 Å². The number of carbonyl (C=O) groups excluding carboxylic acids is 1. The van der Waals surface area contributed by atoms with Gasteiger partial charge in [0.05, 0.1) is 11.1 Å². The second-order valence-corrected chi connectivity index (χ2v) is 4.88. The molecule has 1 amide bonds. The Morgan fingerprint density at radius 2 is 2.05 bits per heavy atom. The number of amides is 1. The molecular formula is C12H8BrF3N2O2. The van der Waals surface area contributed by atoms with E-state index in [2.05, 4.69) is 26.4 Å². The zero-order valence-electron chi connectivity index (χ0n) is 10.1. The Bertz CT molecular complexity index is 652. The summed E-state index contributed by atoms with van der Waals surface area (Å²) in [5.74, 6) is -0.409. The maximum absolute atomic E-state index is 12.9. The molecule has 20 heavy (non-hydrogen) atoms. The van der Waals surface area contributed by atoms with Crippen molar-refractivity contribution >= 4 is 27.7 Å². The summed E-state index contributed by atoms with van der Waals surface area (Å²) >= 11 is 2.95. The van der Waals surface area contributed by atoms with E-state index < -0.39 is 23.2 Å². The first kappa shape index (κ1) is 14.6. The van der Waals surface area contributed by atoms with Crippen molar-refractivity contribution in [3.8, 4) is 0 Å². The predicted octanol–water partition coefficient (Wildman–Crippen LogP) is 4.02. The van der Waals surface area contributed by atoms with E-state index in [1.165, 1.54) is 12.1 Å². The maximum atomic E-state index is 12.9. The van der Waals surface area contributed by atoms with Gasteiger partial charge in [0.2, 0.25) is 0 Å². The van der Waals surface area contributed by atoms with Crippen LogP contribution in [-0.4, -0.2) is 11.1 Å². The van der Waals surface area contributed by atoms with E-state index in [-0.39, 0.29) is 10.3 Å². The van der Waals surface area contributed by atoms with Gasteiger partial charge in [0.15, 0.2) is 5.82 Å². The largest absolute Gasteiger partial charge is 0.417 e. The summed E-state index contributed by atoms with van der Waals surface area (Å²) in [5.41, 5.74) is -1.51. The van der Waals surface area contributed by atoms with Crippen LogP contribution in [0.4, 0.5) is 19.0 Å². The van der Waals surface area contributed by atoms with E-state index >= 15 is 0 Å². The fourth-order valence-corrected chi connectivity index (χ4v) is 1.92. The van der Waals surface area contributed by atoms with E-state index in [1.54, 1.807) is 6.92 Å². The number of benzene rings is 1. The smallest absolute Gasteiger partial charge is 0.360 e. The number of halogens is 4. The van der Waals surface area contributed by atoms with Gasteiger partial charge < -0.3 is 9.84 Å². The van der Waals surface area contributed by atoms with Gasteiger partial charge >= 0.3 is 6.18 Å². The number of anilines is 1. The number of carbonyl (C=O) groups is 1. The average molecular weight is 349 g/mol. The molecule has 0 atom stereocenters. The van der Waals surface area contributed by atoms with E-state index in [0.717, 1.165) is 12.1 Å².